The van der Waals surface area contributed by atoms with Gasteiger partial charge < -0.3 is 53.1 Å². The Hall–Kier alpha value is 0.821. The maximum Gasteiger partial charge on any atom is 0.500 e. The van der Waals surface area contributed by atoms with Crippen molar-refractivity contribution in [2.24, 2.45) is 17.8 Å². The van der Waals surface area contributed by atoms with Crippen LogP contribution in [-0.2, 0) is 53.1 Å². The first-order chi connectivity index (χ1) is 25.6. The third-order valence-electron chi connectivity index (χ3n) is 13.2. The molecule has 0 saturated heterocycles. The summed E-state index contributed by atoms with van der Waals surface area (Å²) < 4.78 is 69.3. The van der Waals surface area contributed by atoms with E-state index < -0.39 is 51.4 Å². The summed E-state index contributed by atoms with van der Waals surface area (Å²) in [5, 5.41) is 0. The average Bonchev–Trinajstić information content (AvgIpc) is 3.56. The van der Waals surface area contributed by atoms with E-state index in [0.717, 1.165) is 67.6 Å². The average molecular weight is 878 g/mol. The summed E-state index contributed by atoms with van der Waals surface area (Å²) in [7, 11) is 7.01. The van der Waals surface area contributed by atoms with Gasteiger partial charge in [-0.1, -0.05) is 94.8 Å². The van der Waals surface area contributed by atoms with Crippen LogP contribution in [0.25, 0.3) is 0 Å². The Morgan fingerprint density at radius 1 is 0.352 bits per heavy atom. The highest BCUT2D eigenvalue weighted by Gasteiger charge is 2.43. The lowest BCUT2D eigenvalue weighted by Crippen LogP contribution is -2.44. The van der Waals surface area contributed by atoms with Crippen LogP contribution in [0.3, 0.4) is 0 Å². The first kappa shape index (κ1) is 52.8. The smallest absolute Gasteiger partial charge is 0.377 e. The van der Waals surface area contributed by atoms with Crippen LogP contribution in [0.5, 0.6) is 0 Å². The molecule has 0 radical (unpaired) electrons. The Kier molecular flexibility index (Phi) is 25.6. The molecule has 0 heterocycles. The van der Waals surface area contributed by atoms with Crippen LogP contribution in [-0.4, -0.2) is 137 Å². The molecule has 54 heavy (non-hydrogen) atoms. The zero-order chi connectivity index (χ0) is 40.9. The summed E-state index contributed by atoms with van der Waals surface area (Å²) in [6, 6.07) is 11.1. The molecule has 12 nitrogen and oxygen atoms in total. The van der Waals surface area contributed by atoms with Gasteiger partial charge in [0.25, 0.3) is 0 Å². The maximum atomic E-state index is 5.78. The van der Waals surface area contributed by atoms with E-state index in [2.05, 4.69) is 20.0 Å². The highest BCUT2D eigenvalue weighted by molar-refractivity contribution is 6.79. The second kappa shape index (κ2) is 26.1. The van der Waals surface area contributed by atoms with E-state index in [1.807, 2.05) is 0 Å². The minimum Gasteiger partial charge on any atom is -0.377 e. The maximum absolute atomic E-state index is 5.78. The topological polar surface area (TPSA) is 111 Å². The van der Waals surface area contributed by atoms with Gasteiger partial charge in [-0.3, -0.25) is 0 Å². The first-order valence-corrected chi connectivity index (χ1v) is 34.2. The second-order valence-electron chi connectivity index (χ2n) is 16.4. The summed E-state index contributed by atoms with van der Waals surface area (Å²) in [5.41, 5.74) is 0. The van der Waals surface area contributed by atoms with Crippen LogP contribution < -0.4 is 0 Å². The van der Waals surface area contributed by atoms with Gasteiger partial charge in [0.05, 0.1) is 16.1 Å². The van der Waals surface area contributed by atoms with Gasteiger partial charge in [-0.05, 0) is 30.6 Å². The molecule has 1 fully saturated rings. The molecule has 0 spiro atoms. The van der Waals surface area contributed by atoms with Crippen molar-refractivity contribution in [3.63, 3.8) is 0 Å². The van der Waals surface area contributed by atoms with Gasteiger partial charge in [0.2, 0.25) is 0 Å². The molecule has 3 atom stereocenters. The zero-order valence-electron chi connectivity index (χ0n) is 37.4. The van der Waals surface area contributed by atoms with Crippen LogP contribution in [0.1, 0.15) is 58.3 Å². The molecule has 0 aromatic heterocycles. The molecule has 0 aliphatic heterocycles. The molecule has 1 aliphatic carbocycles. The zero-order valence-corrected chi connectivity index (χ0v) is 43.4. The lowest BCUT2D eigenvalue weighted by atomic mass is 9.95. The Balaban J connectivity index is 3.02. The SMILES string of the molecule is CO[Si](CCC[Si](C)(CCC[Si](OC)(OC)OC)CCC1CC(C)C(CC[Si](C)(CCC[Si](OC)(OC)OC)CCC[Si](OC)(OC)OC)C1)(OC)OC. The summed E-state index contributed by atoms with van der Waals surface area (Å²) >= 11 is 0. The fraction of sp³-hybridized carbons (Fsp3) is 1.00. The molecule has 1 rings (SSSR count). The van der Waals surface area contributed by atoms with E-state index in [0.29, 0.717) is 0 Å². The molecule has 3 unspecified atom stereocenters. The first-order valence-electron chi connectivity index (χ1n) is 20.2. The molecule has 0 aromatic carbocycles. The normalized spacial score (nSPS) is 19.3. The molecule has 0 aromatic rings. The predicted molar refractivity (Wildman–Crippen MR) is 232 cm³/mol. The highest BCUT2D eigenvalue weighted by Crippen LogP contribution is 2.45. The molecule has 0 N–H and O–H groups in total. The van der Waals surface area contributed by atoms with E-state index in [9.17, 15) is 0 Å². The van der Waals surface area contributed by atoms with Gasteiger partial charge in [0.1, 0.15) is 0 Å². The van der Waals surface area contributed by atoms with Crippen molar-refractivity contribution in [1.29, 1.82) is 0 Å². The minimum absolute atomic E-state index is 0.765. The molecule has 1 saturated carbocycles. The molecule has 18 heteroatoms. The van der Waals surface area contributed by atoms with Gasteiger partial charge in [0, 0.05) is 109 Å². The van der Waals surface area contributed by atoms with Gasteiger partial charge in [-0.15, -0.1) is 0 Å². The van der Waals surface area contributed by atoms with Crippen LogP contribution in [0.15, 0.2) is 0 Å². The fourth-order valence-corrected chi connectivity index (χ4v) is 25.2. The summed E-state index contributed by atoms with van der Waals surface area (Å²) in [5.74, 6) is 2.36. The van der Waals surface area contributed by atoms with Crippen LogP contribution in [0.2, 0.25) is 73.5 Å². The quantitative estimate of drug-likeness (QED) is 0.0578. The van der Waals surface area contributed by atoms with Crippen LogP contribution in [0.4, 0.5) is 0 Å². The van der Waals surface area contributed by atoms with Crippen LogP contribution >= 0.6 is 0 Å². The highest BCUT2D eigenvalue weighted by atomic mass is 28.4. The van der Waals surface area contributed by atoms with E-state index in [1.54, 1.807) is 85.3 Å². The van der Waals surface area contributed by atoms with E-state index in [1.165, 1.54) is 61.9 Å². The third kappa shape index (κ3) is 16.5. The van der Waals surface area contributed by atoms with Crippen molar-refractivity contribution in [2.45, 2.75) is 132 Å². The molecule has 0 bridgehead atoms. The minimum atomic E-state index is -2.60. The van der Waals surface area contributed by atoms with E-state index >= 15 is 0 Å². The fourth-order valence-electron chi connectivity index (χ4n) is 9.10. The van der Waals surface area contributed by atoms with E-state index in [4.69, 9.17) is 53.1 Å². The Morgan fingerprint density at radius 2 is 0.611 bits per heavy atom. The molecule has 1 aliphatic rings. The lowest BCUT2D eigenvalue weighted by Gasteiger charge is -2.32. The van der Waals surface area contributed by atoms with Gasteiger partial charge in [-0.25, -0.2) is 0 Å². The number of hydrogen-bond acceptors (Lipinski definition) is 12. The summed E-state index contributed by atoms with van der Waals surface area (Å²) in [6.45, 7) is 7.75. The van der Waals surface area contributed by atoms with Crippen molar-refractivity contribution in [3.8, 4) is 0 Å². The standard InChI is InChI=1S/C36H84O12Si6/c1-34-32-35(20-30-49(14,22-16-26-51(37-2,38-3)39-4)23-17-27-52(40-5,41-6)42-7)33-36(34)21-31-50(15,24-18-28-53(43-8,44-9)45-10)25-19-29-54(46-11,47-12)48-13/h34-36H,16-33H2,1-15H3. The van der Waals surface area contributed by atoms with Gasteiger partial charge >= 0.3 is 35.2 Å². The van der Waals surface area contributed by atoms with Crippen molar-refractivity contribution >= 4 is 51.4 Å². The monoisotopic (exact) mass is 876 g/mol. The lowest BCUT2D eigenvalue weighted by molar-refractivity contribution is 0.122. The molecule has 324 valence electrons. The van der Waals surface area contributed by atoms with Crippen molar-refractivity contribution in [1.82, 2.24) is 0 Å². The number of rotatable bonds is 34. The predicted octanol–water partition coefficient (Wildman–Crippen LogP) is 8.66. The Labute approximate surface area is 338 Å². The van der Waals surface area contributed by atoms with Crippen molar-refractivity contribution in [2.75, 3.05) is 85.3 Å². The Bertz CT molecular complexity index is 887. The largest absolute Gasteiger partial charge is 0.500 e. The van der Waals surface area contributed by atoms with Crippen LogP contribution in [0, 0.1) is 17.8 Å². The van der Waals surface area contributed by atoms with E-state index in [-0.39, 0.29) is 0 Å². The van der Waals surface area contributed by atoms with Crippen molar-refractivity contribution in [3.05, 3.63) is 0 Å². The molecular formula is C36H84O12Si6. The number of hydrogen-bond donors (Lipinski definition) is 0. The van der Waals surface area contributed by atoms with Gasteiger partial charge in [-0.2, -0.15) is 0 Å². The molecule has 0 amide bonds. The van der Waals surface area contributed by atoms with Gasteiger partial charge in [0.15, 0.2) is 0 Å². The molecular weight excluding hydrogens is 793 g/mol. The summed E-state index contributed by atoms with van der Waals surface area (Å²) in [6.07, 6.45) is 9.66. The summed E-state index contributed by atoms with van der Waals surface area (Å²) in [4.78, 5) is 0. The third-order valence-corrected chi connectivity index (χ3v) is 33.8. The Morgan fingerprint density at radius 3 is 0.870 bits per heavy atom. The van der Waals surface area contributed by atoms with Crippen molar-refractivity contribution < 1.29 is 53.1 Å². The second-order valence-corrected chi connectivity index (χ2v) is 39.0.